The number of aromatic hydroxyl groups is 1. The second-order valence-corrected chi connectivity index (χ2v) is 9.65. The van der Waals surface area contributed by atoms with Crippen LogP contribution in [0.25, 0.3) is 0 Å². The molecule has 0 unspecified atom stereocenters. The average molecular weight is 536 g/mol. The molecule has 2 aromatic carbocycles. The van der Waals surface area contributed by atoms with Crippen molar-refractivity contribution in [3.63, 3.8) is 0 Å². The van der Waals surface area contributed by atoms with Crippen molar-refractivity contribution in [2.24, 2.45) is 0 Å². The van der Waals surface area contributed by atoms with Crippen LogP contribution in [0, 0.1) is 0 Å². The molecule has 28 heavy (non-hydrogen) atoms. The topological polar surface area (TPSA) is 113 Å². The van der Waals surface area contributed by atoms with Crippen molar-refractivity contribution in [2.75, 3.05) is 26.0 Å². The minimum atomic E-state index is -3.65. The van der Waals surface area contributed by atoms with Gasteiger partial charge in [-0.2, -0.15) is 0 Å². The van der Waals surface area contributed by atoms with Crippen molar-refractivity contribution in [3.8, 4) is 5.75 Å². The molecule has 0 atom stereocenters. The van der Waals surface area contributed by atoms with Crippen molar-refractivity contribution in [2.45, 2.75) is 4.90 Å². The molecule has 0 bridgehead atoms. The average Bonchev–Trinajstić information content (AvgIpc) is 2.62. The number of amides is 1. The number of rotatable bonds is 6. The van der Waals surface area contributed by atoms with E-state index >= 15 is 0 Å². The van der Waals surface area contributed by atoms with Gasteiger partial charge in [-0.1, -0.05) is 22.0 Å². The highest BCUT2D eigenvalue weighted by atomic mass is 79.9. The molecule has 2 rings (SSSR count). The molecule has 0 radical (unpaired) electrons. The van der Waals surface area contributed by atoms with E-state index in [-0.39, 0.29) is 26.4 Å². The number of sulfonamides is 1. The summed E-state index contributed by atoms with van der Waals surface area (Å²) >= 11 is 6.29. The van der Waals surface area contributed by atoms with Crippen molar-refractivity contribution in [1.29, 1.82) is 0 Å². The molecule has 0 heterocycles. The number of hydrogen-bond donors (Lipinski definition) is 2. The quantitative estimate of drug-likeness (QED) is 0.550. The summed E-state index contributed by atoms with van der Waals surface area (Å²) in [4.78, 5) is 24.1. The lowest BCUT2D eigenvalue weighted by molar-refractivity contribution is -0.119. The number of carbonyl (C=O) groups excluding carboxylic acids is 2. The fraction of sp³-hybridized carbons (Fsp3) is 0.176. The Kier molecular flexibility index (Phi) is 7.21. The van der Waals surface area contributed by atoms with Gasteiger partial charge < -0.3 is 15.2 Å². The number of esters is 1. The van der Waals surface area contributed by atoms with Gasteiger partial charge in [0.2, 0.25) is 10.0 Å². The predicted molar refractivity (Wildman–Crippen MR) is 110 cm³/mol. The summed E-state index contributed by atoms with van der Waals surface area (Å²) in [7, 11) is -0.853. The molecule has 0 saturated carbocycles. The number of anilines is 1. The maximum atomic E-state index is 12.1. The molecular weight excluding hydrogens is 520 g/mol. The highest BCUT2D eigenvalue weighted by Gasteiger charge is 2.19. The molecular formula is C17H16Br2N2O6S. The van der Waals surface area contributed by atoms with E-state index < -0.39 is 28.5 Å². The number of phenolic OH excluding ortho intramolecular Hbond substituents is 1. The van der Waals surface area contributed by atoms with Crippen LogP contribution >= 0.6 is 31.9 Å². The number of phenols is 1. The number of hydrogen-bond acceptors (Lipinski definition) is 6. The second kappa shape index (κ2) is 9.03. The van der Waals surface area contributed by atoms with Crippen molar-refractivity contribution < 1.29 is 27.9 Å². The van der Waals surface area contributed by atoms with E-state index in [9.17, 15) is 23.1 Å². The first-order valence-corrected chi connectivity index (χ1v) is 10.7. The molecule has 0 aliphatic heterocycles. The van der Waals surface area contributed by atoms with Gasteiger partial charge in [-0.15, -0.1) is 0 Å². The zero-order valence-electron chi connectivity index (χ0n) is 14.8. The highest BCUT2D eigenvalue weighted by molar-refractivity contribution is 9.11. The van der Waals surface area contributed by atoms with Crippen LogP contribution in [0.1, 0.15) is 10.4 Å². The Balaban J connectivity index is 2.05. The van der Waals surface area contributed by atoms with Crippen LogP contribution in [0.15, 0.2) is 50.2 Å². The van der Waals surface area contributed by atoms with Gasteiger partial charge >= 0.3 is 5.97 Å². The first kappa shape index (κ1) is 22.3. The number of nitrogens with zero attached hydrogens (tertiary/aromatic N) is 1. The smallest absolute Gasteiger partial charge is 0.342 e. The Morgan fingerprint density at radius 1 is 1.18 bits per heavy atom. The first-order chi connectivity index (χ1) is 13.0. The zero-order chi connectivity index (χ0) is 21.1. The fourth-order valence-corrected chi connectivity index (χ4v) is 4.25. The summed E-state index contributed by atoms with van der Waals surface area (Å²) in [5, 5.41) is 12.4. The maximum absolute atomic E-state index is 12.1. The van der Waals surface area contributed by atoms with Crippen molar-refractivity contribution in [3.05, 3.63) is 50.9 Å². The van der Waals surface area contributed by atoms with Gasteiger partial charge in [-0.3, -0.25) is 4.79 Å². The summed E-state index contributed by atoms with van der Waals surface area (Å²) in [6, 6.07) is 8.59. The van der Waals surface area contributed by atoms with Crippen LogP contribution in [0.4, 0.5) is 5.69 Å². The second-order valence-electron chi connectivity index (χ2n) is 5.72. The number of halogens is 2. The maximum Gasteiger partial charge on any atom is 0.342 e. The lowest BCUT2D eigenvalue weighted by Gasteiger charge is -2.13. The molecule has 11 heteroatoms. The molecule has 0 spiro atoms. The van der Waals surface area contributed by atoms with Crippen LogP contribution in [0.2, 0.25) is 0 Å². The third-order valence-electron chi connectivity index (χ3n) is 3.48. The molecule has 0 aliphatic rings. The standard InChI is InChI=1S/C17H16Br2N2O6S/c1-21(2)28(25,26)12-5-3-4-11(8-12)20-15(22)9-27-17(24)13-6-10(18)7-14(19)16(13)23/h3-8,23H,9H2,1-2H3,(H,20,22). The number of nitrogens with one attached hydrogen (secondary N) is 1. The Labute approximate surface area is 178 Å². The molecule has 150 valence electrons. The van der Waals surface area contributed by atoms with Crippen molar-refractivity contribution in [1.82, 2.24) is 4.31 Å². The van der Waals surface area contributed by atoms with Crippen molar-refractivity contribution >= 4 is 59.4 Å². The number of carbonyl (C=O) groups is 2. The van der Waals surface area contributed by atoms with Gasteiger partial charge in [-0.05, 0) is 46.3 Å². The Morgan fingerprint density at radius 3 is 2.50 bits per heavy atom. The SMILES string of the molecule is CN(C)S(=O)(=O)c1cccc(NC(=O)COC(=O)c2cc(Br)cc(Br)c2O)c1. The normalized spacial score (nSPS) is 11.3. The van der Waals surface area contributed by atoms with Gasteiger partial charge in [0.25, 0.3) is 5.91 Å². The fourth-order valence-electron chi connectivity index (χ4n) is 2.07. The molecule has 0 aromatic heterocycles. The predicted octanol–water partition coefficient (Wildman–Crippen LogP) is 2.96. The van der Waals surface area contributed by atoms with Gasteiger partial charge in [0.05, 0.1) is 9.37 Å². The third kappa shape index (κ3) is 5.31. The van der Waals surface area contributed by atoms with E-state index in [1.807, 2.05) is 0 Å². The van der Waals surface area contributed by atoms with Gasteiger partial charge in [0.15, 0.2) is 6.61 Å². The van der Waals surface area contributed by atoms with Crippen LogP contribution in [-0.4, -0.2) is 50.4 Å². The van der Waals surface area contributed by atoms with E-state index in [1.54, 1.807) is 6.07 Å². The summed E-state index contributed by atoms with van der Waals surface area (Å²) < 4.78 is 31.1. The molecule has 0 fully saturated rings. The largest absolute Gasteiger partial charge is 0.506 e. The Hall–Kier alpha value is -1.95. The summed E-state index contributed by atoms with van der Waals surface area (Å²) in [6.45, 7) is -0.618. The molecule has 1 amide bonds. The van der Waals surface area contributed by atoms with Gasteiger partial charge in [-0.25, -0.2) is 17.5 Å². The molecule has 0 saturated heterocycles. The summed E-state index contributed by atoms with van der Waals surface area (Å²) in [6.07, 6.45) is 0. The molecule has 0 aliphatic carbocycles. The lowest BCUT2D eigenvalue weighted by Crippen LogP contribution is -2.23. The van der Waals surface area contributed by atoms with E-state index in [1.165, 1.54) is 44.4 Å². The number of ether oxygens (including phenoxy) is 1. The van der Waals surface area contributed by atoms with Gasteiger partial charge in [0, 0.05) is 24.3 Å². The Morgan fingerprint density at radius 2 is 1.86 bits per heavy atom. The van der Waals surface area contributed by atoms with Crippen LogP contribution < -0.4 is 5.32 Å². The Bertz CT molecular complexity index is 1020. The van der Waals surface area contributed by atoms with Gasteiger partial charge in [0.1, 0.15) is 11.3 Å². The first-order valence-electron chi connectivity index (χ1n) is 7.70. The van der Waals surface area contributed by atoms with Crippen LogP contribution in [-0.2, 0) is 19.6 Å². The number of benzene rings is 2. The summed E-state index contributed by atoms with van der Waals surface area (Å²) in [5.74, 6) is -1.87. The third-order valence-corrected chi connectivity index (χ3v) is 6.35. The minimum absolute atomic E-state index is 0.0104. The van der Waals surface area contributed by atoms with Crippen LogP contribution in [0.5, 0.6) is 5.75 Å². The summed E-state index contributed by atoms with van der Waals surface area (Å²) in [5.41, 5.74) is 0.116. The van der Waals surface area contributed by atoms with E-state index in [0.29, 0.717) is 4.47 Å². The van der Waals surface area contributed by atoms with E-state index in [4.69, 9.17) is 4.74 Å². The molecule has 2 N–H and O–H groups in total. The minimum Gasteiger partial charge on any atom is -0.506 e. The van der Waals surface area contributed by atoms with E-state index in [0.717, 1.165) is 4.31 Å². The monoisotopic (exact) mass is 534 g/mol. The van der Waals surface area contributed by atoms with E-state index in [2.05, 4.69) is 37.2 Å². The zero-order valence-corrected chi connectivity index (χ0v) is 18.8. The lowest BCUT2D eigenvalue weighted by atomic mass is 10.2. The molecule has 8 nitrogen and oxygen atoms in total. The highest BCUT2D eigenvalue weighted by Crippen LogP contribution is 2.32. The molecule has 2 aromatic rings. The van der Waals surface area contributed by atoms with Crippen LogP contribution in [0.3, 0.4) is 0 Å².